The van der Waals surface area contributed by atoms with Crippen LogP contribution >= 0.6 is 0 Å². The zero-order valence-electron chi connectivity index (χ0n) is 16.5. The Labute approximate surface area is 168 Å². The Kier molecular flexibility index (Phi) is 4.83. The fraction of sp³-hybridized carbons (Fsp3) is 0.174. The Hall–Kier alpha value is -3.56. The zero-order valence-corrected chi connectivity index (χ0v) is 16.5. The molecule has 6 heteroatoms. The average molecular weight is 385 g/mol. The number of rotatable bonds is 4. The fourth-order valence-corrected chi connectivity index (χ4v) is 3.74. The molecule has 0 radical (unpaired) electrons. The third-order valence-electron chi connectivity index (χ3n) is 4.99. The molecule has 2 heterocycles. The van der Waals surface area contributed by atoms with Crippen molar-refractivity contribution < 1.29 is 4.39 Å². The lowest BCUT2D eigenvalue weighted by atomic mass is 9.92. The molecule has 0 fully saturated rings. The van der Waals surface area contributed by atoms with Crippen LogP contribution in [0, 0.1) is 31.0 Å². The number of benzene rings is 2. The summed E-state index contributed by atoms with van der Waals surface area (Å²) in [4.78, 5) is 4.23. The maximum absolute atomic E-state index is 15.1. The Morgan fingerprint density at radius 1 is 1.17 bits per heavy atom. The Morgan fingerprint density at radius 3 is 2.69 bits per heavy atom. The highest BCUT2D eigenvalue weighted by atomic mass is 19.1. The number of pyridine rings is 1. The van der Waals surface area contributed by atoms with Gasteiger partial charge < -0.3 is 5.32 Å². The van der Waals surface area contributed by atoms with Gasteiger partial charge in [-0.3, -0.25) is 10.1 Å². The molecular formula is C23H20FN5. The largest absolute Gasteiger partial charge is 0.316 e. The number of aromatic nitrogens is 3. The first-order chi connectivity index (χ1) is 14.0. The Balaban J connectivity index is 1.96. The molecule has 0 saturated heterocycles. The van der Waals surface area contributed by atoms with E-state index >= 15 is 4.39 Å². The molecule has 4 rings (SSSR count). The van der Waals surface area contributed by atoms with Gasteiger partial charge in [-0.2, -0.15) is 10.4 Å². The van der Waals surface area contributed by atoms with Crippen molar-refractivity contribution in [3.8, 4) is 28.5 Å². The smallest absolute Gasteiger partial charge is 0.131 e. The van der Waals surface area contributed by atoms with Gasteiger partial charge in [-0.25, -0.2) is 4.39 Å². The van der Waals surface area contributed by atoms with Crippen LogP contribution in [0.25, 0.3) is 33.3 Å². The van der Waals surface area contributed by atoms with E-state index in [0.717, 1.165) is 39.0 Å². The number of nitrogens with one attached hydrogen (secondary N) is 2. The molecule has 2 N–H and O–H groups in total. The van der Waals surface area contributed by atoms with E-state index in [9.17, 15) is 5.26 Å². The molecule has 144 valence electrons. The van der Waals surface area contributed by atoms with Crippen LogP contribution in [-0.2, 0) is 6.54 Å². The molecule has 2 aromatic carbocycles. The van der Waals surface area contributed by atoms with Crippen LogP contribution in [0.5, 0.6) is 0 Å². The van der Waals surface area contributed by atoms with Crippen molar-refractivity contribution >= 4 is 10.9 Å². The number of fused-ring (bicyclic) bond motifs is 1. The van der Waals surface area contributed by atoms with Crippen molar-refractivity contribution in [2.45, 2.75) is 20.4 Å². The molecule has 0 atom stereocenters. The average Bonchev–Trinajstić information content (AvgIpc) is 3.10. The second kappa shape index (κ2) is 7.46. The highest BCUT2D eigenvalue weighted by Gasteiger charge is 2.18. The third kappa shape index (κ3) is 3.37. The number of aromatic amines is 1. The first-order valence-electron chi connectivity index (χ1n) is 9.31. The van der Waals surface area contributed by atoms with Crippen molar-refractivity contribution in [3.63, 3.8) is 0 Å². The van der Waals surface area contributed by atoms with E-state index in [0.29, 0.717) is 23.2 Å². The first kappa shape index (κ1) is 18.8. The topological polar surface area (TPSA) is 77.4 Å². The number of halogens is 1. The first-order valence-corrected chi connectivity index (χ1v) is 9.31. The van der Waals surface area contributed by atoms with Gasteiger partial charge in [-0.15, -0.1) is 0 Å². The van der Waals surface area contributed by atoms with E-state index in [1.807, 2.05) is 45.2 Å². The highest BCUT2D eigenvalue weighted by Crippen LogP contribution is 2.36. The van der Waals surface area contributed by atoms with Crippen molar-refractivity contribution in [3.05, 3.63) is 70.8 Å². The van der Waals surface area contributed by atoms with E-state index in [4.69, 9.17) is 0 Å². The van der Waals surface area contributed by atoms with Gasteiger partial charge in [0.25, 0.3) is 0 Å². The minimum Gasteiger partial charge on any atom is -0.316 e. The molecule has 0 aliphatic rings. The second-order valence-electron chi connectivity index (χ2n) is 7.11. The normalized spacial score (nSPS) is 11.0. The van der Waals surface area contributed by atoms with Gasteiger partial charge in [0, 0.05) is 40.5 Å². The Morgan fingerprint density at radius 2 is 2.00 bits per heavy atom. The summed E-state index contributed by atoms with van der Waals surface area (Å²) in [6, 6.07) is 13.1. The van der Waals surface area contributed by atoms with Crippen LogP contribution in [0.3, 0.4) is 0 Å². The summed E-state index contributed by atoms with van der Waals surface area (Å²) in [7, 11) is 1.82. The van der Waals surface area contributed by atoms with Gasteiger partial charge >= 0.3 is 0 Å². The molecule has 4 aromatic rings. The predicted molar refractivity (Wildman–Crippen MR) is 112 cm³/mol. The summed E-state index contributed by atoms with van der Waals surface area (Å²) in [6.45, 7) is 4.36. The molecule has 29 heavy (non-hydrogen) atoms. The third-order valence-corrected chi connectivity index (χ3v) is 4.99. The minimum absolute atomic E-state index is 0.337. The van der Waals surface area contributed by atoms with E-state index < -0.39 is 0 Å². The maximum Gasteiger partial charge on any atom is 0.131 e. The molecular weight excluding hydrogens is 365 g/mol. The van der Waals surface area contributed by atoms with Gasteiger partial charge in [0.1, 0.15) is 11.5 Å². The van der Waals surface area contributed by atoms with Gasteiger partial charge in [-0.1, -0.05) is 6.07 Å². The van der Waals surface area contributed by atoms with Gasteiger partial charge in [0.05, 0.1) is 17.1 Å². The highest BCUT2D eigenvalue weighted by molar-refractivity contribution is 5.97. The maximum atomic E-state index is 15.1. The summed E-state index contributed by atoms with van der Waals surface area (Å²) < 4.78 is 15.1. The van der Waals surface area contributed by atoms with Gasteiger partial charge in [0.15, 0.2) is 0 Å². The summed E-state index contributed by atoms with van der Waals surface area (Å²) in [5, 5.41) is 21.0. The lowest BCUT2D eigenvalue weighted by Gasteiger charge is -2.13. The van der Waals surface area contributed by atoms with Crippen molar-refractivity contribution in [2.75, 3.05) is 7.05 Å². The number of aryl methyl sites for hydroxylation is 2. The van der Waals surface area contributed by atoms with Crippen LogP contribution in [0.15, 0.2) is 42.6 Å². The predicted octanol–water partition coefficient (Wildman–Crippen LogP) is 4.64. The number of hydrogen-bond acceptors (Lipinski definition) is 4. The van der Waals surface area contributed by atoms with Crippen LogP contribution in [-0.4, -0.2) is 22.2 Å². The summed E-state index contributed by atoms with van der Waals surface area (Å²) in [5.74, 6) is -0.337. The van der Waals surface area contributed by atoms with Crippen LogP contribution in [0.1, 0.15) is 22.4 Å². The second-order valence-corrected chi connectivity index (χ2v) is 7.11. The molecule has 0 spiro atoms. The minimum atomic E-state index is -0.337. The monoisotopic (exact) mass is 385 g/mol. The van der Waals surface area contributed by atoms with Crippen molar-refractivity contribution in [1.29, 1.82) is 5.26 Å². The molecule has 0 aliphatic carbocycles. The molecule has 0 aliphatic heterocycles. The summed E-state index contributed by atoms with van der Waals surface area (Å²) >= 11 is 0. The molecule has 5 nitrogen and oxygen atoms in total. The number of hydrogen-bond donors (Lipinski definition) is 2. The standard InChI is InChI=1S/C23H20FN5/c1-13-6-15(12-26-3)8-20(24)22(13)18-10-19-21(9-17(18)11-25)28-29-23(19)16-4-5-27-14(2)7-16/h4-10,26H,12H2,1-3H3,(H,28,29). The van der Waals surface area contributed by atoms with E-state index in [1.165, 1.54) is 6.07 Å². The lowest BCUT2D eigenvalue weighted by molar-refractivity contribution is 0.626. The van der Waals surface area contributed by atoms with Crippen LogP contribution < -0.4 is 5.32 Å². The quantitative estimate of drug-likeness (QED) is 0.537. The van der Waals surface area contributed by atoms with Crippen molar-refractivity contribution in [2.24, 2.45) is 0 Å². The van der Waals surface area contributed by atoms with E-state index in [-0.39, 0.29) is 5.82 Å². The van der Waals surface area contributed by atoms with E-state index in [1.54, 1.807) is 12.3 Å². The lowest BCUT2D eigenvalue weighted by Crippen LogP contribution is -2.06. The van der Waals surface area contributed by atoms with Crippen LogP contribution in [0.2, 0.25) is 0 Å². The molecule has 0 amide bonds. The van der Waals surface area contributed by atoms with E-state index in [2.05, 4.69) is 26.6 Å². The fourth-order valence-electron chi connectivity index (χ4n) is 3.74. The molecule has 0 unspecified atom stereocenters. The number of H-pyrrole nitrogens is 1. The Bertz CT molecular complexity index is 1240. The zero-order chi connectivity index (χ0) is 20.5. The van der Waals surface area contributed by atoms with Crippen molar-refractivity contribution in [1.82, 2.24) is 20.5 Å². The van der Waals surface area contributed by atoms with Gasteiger partial charge in [-0.05, 0) is 62.4 Å². The summed E-state index contributed by atoms with van der Waals surface area (Å²) in [5.41, 5.74) is 6.36. The van der Waals surface area contributed by atoms with Gasteiger partial charge in [0.2, 0.25) is 0 Å². The molecule has 0 bridgehead atoms. The SMILES string of the molecule is CNCc1cc(C)c(-c2cc3c(-c4ccnc(C)c4)n[nH]c3cc2C#N)c(F)c1. The molecule has 0 saturated carbocycles. The molecule has 2 aromatic heterocycles. The number of nitriles is 1. The van der Waals surface area contributed by atoms with Crippen LogP contribution in [0.4, 0.5) is 4.39 Å². The number of nitrogens with zero attached hydrogens (tertiary/aromatic N) is 3. The summed E-state index contributed by atoms with van der Waals surface area (Å²) in [6.07, 6.45) is 1.74.